The molecule has 1 fully saturated rings. The number of hydrogen-bond acceptors (Lipinski definition) is 4. The Bertz CT molecular complexity index is 815. The van der Waals surface area contributed by atoms with Crippen molar-refractivity contribution < 1.29 is 19.1 Å². The quantitative estimate of drug-likeness (QED) is 0.634. The van der Waals surface area contributed by atoms with Crippen LogP contribution in [0.2, 0.25) is 0 Å². The molecule has 3 rings (SSSR count). The number of aryl methyl sites for hydroxylation is 1. The molecule has 0 aliphatic carbocycles. The molecule has 1 aliphatic heterocycles. The standard InChI is InChI=1S/C20H21NO4/c1-13-6-4-9-18(14(13)2)25-20(23)15-10-19(22)21(12-15)16-7-5-8-17(11-16)24-3/h4-9,11,15H,10,12H2,1-3H3/t15-/m1/s1. The van der Waals surface area contributed by atoms with E-state index in [1.54, 1.807) is 24.1 Å². The van der Waals surface area contributed by atoms with Crippen LogP contribution < -0.4 is 14.4 Å². The van der Waals surface area contributed by atoms with Gasteiger partial charge in [-0.3, -0.25) is 9.59 Å². The number of hydrogen-bond donors (Lipinski definition) is 0. The van der Waals surface area contributed by atoms with E-state index in [1.807, 2.05) is 44.2 Å². The maximum Gasteiger partial charge on any atom is 0.316 e. The maximum absolute atomic E-state index is 12.5. The summed E-state index contributed by atoms with van der Waals surface area (Å²) in [4.78, 5) is 26.4. The number of esters is 1. The summed E-state index contributed by atoms with van der Waals surface area (Å²) in [5.41, 5.74) is 2.72. The van der Waals surface area contributed by atoms with E-state index in [1.165, 1.54) is 0 Å². The zero-order valence-electron chi connectivity index (χ0n) is 14.6. The Morgan fingerprint density at radius 1 is 1.16 bits per heavy atom. The van der Waals surface area contributed by atoms with E-state index in [0.29, 0.717) is 18.0 Å². The summed E-state index contributed by atoms with van der Waals surface area (Å²) < 4.78 is 10.7. The number of rotatable bonds is 4. The van der Waals surface area contributed by atoms with Gasteiger partial charge in [-0.05, 0) is 43.2 Å². The van der Waals surface area contributed by atoms with Crippen LogP contribution in [0.4, 0.5) is 5.69 Å². The van der Waals surface area contributed by atoms with Gasteiger partial charge < -0.3 is 14.4 Å². The molecule has 2 aromatic rings. The third-order valence-corrected chi connectivity index (χ3v) is 4.59. The lowest BCUT2D eigenvalue weighted by Gasteiger charge is -2.17. The van der Waals surface area contributed by atoms with Crippen molar-refractivity contribution in [1.29, 1.82) is 0 Å². The molecule has 25 heavy (non-hydrogen) atoms. The number of amides is 1. The van der Waals surface area contributed by atoms with Crippen molar-refractivity contribution in [3.8, 4) is 11.5 Å². The molecule has 5 heteroatoms. The predicted octanol–water partition coefficient (Wildman–Crippen LogP) is 3.27. The van der Waals surface area contributed by atoms with E-state index in [0.717, 1.165) is 16.8 Å². The molecule has 0 unspecified atom stereocenters. The first-order valence-electron chi connectivity index (χ1n) is 8.22. The van der Waals surface area contributed by atoms with Gasteiger partial charge in [-0.1, -0.05) is 18.2 Å². The second-order valence-electron chi connectivity index (χ2n) is 6.23. The third-order valence-electron chi connectivity index (χ3n) is 4.59. The molecule has 1 heterocycles. The minimum absolute atomic E-state index is 0.0869. The van der Waals surface area contributed by atoms with Crippen molar-refractivity contribution in [2.24, 2.45) is 5.92 Å². The Morgan fingerprint density at radius 3 is 2.68 bits per heavy atom. The fraction of sp³-hybridized carbons (Fsp3) is 0.300. The van der Waals surface area contributed by atoms with E-state index in [-0.39, 0.29) is 18.3 Å². The molecule has 0 radical (unpaired) electrons. The molecule has 0 spiro atoms. The Morgan fingerprint density at radius 2 is 1.92 bits per heavy atom. The highest BCUT2D eigenvalue weighted by molar-refractivity contribution is 5.99. The summed E-state index contributed by atoms with van der Waals surface area (Å²) in [6.45, 7) is 4.20. The first-order chi connectivity index (χ1) is 12.0. The first kappa shape index (κ1) is 17.0. The van der Waals surface area contributed by atoms with Crippen molar-refractivity contribution in [1.82, 2.24) is 0 Å². The summed E-state index contributed by atoms with van der Waals surface area (Å²) in [6.07, 6.45) is 0.154. The van der Waals surface area contributed by atoms with Gasteiger partial charge in [0.2, 0.25) is 5.91 Å². The molecular formula is C20H21NO4. The topological polar surface area (TPSA) is 55.8 Å². The van der Waals surface area contributed by atoms with Crippen molar-refractivity contribution >= 4 is 17.6 Å². The molecule has 0 aromatic heterocycles. The number of carbonyl (C=O) groups excluding carboxylic acids is 2. The van der Waals surface area contributed by atoms with Gasteiger partial charge in [0.05, 0.1) is 13.0 Å². The summed E-state index contributed by atoms with van der Waals surface area (Å²) in [7, 11) is 1.58. The molecule has 0 bridgehead atoms. The van der Waals surface area contributed by atoms with Crippen LogP contribution in [0, 0.1) is 19.8 Å². The number of benzene rings is 2. The normalized spacial score (nSPS) is 16.8. The summed E-state index contributed by atoms with van der Waals surface area (Å²) in [6, 6.07) is 12.9. The van der Waals surface area contributed by atoms with Crippen LogP contribution in [-0.2, 0) is 9.59 Å². The van der Waals surface area contributed by atoms with E-state index >= 15 is 0 Å². The molecular weight excluding hydrogens is 318 g/mol. The first-order valence-corrected chi connectivity index (χ1v) is 8.22. The second kappa shape index (κ2) is 6.97. The number of ether oxygens (including phenoxy) is 2. The van der Waals surface area contributed by atoms with Crippen LogP contribution >= 0.6 is 0 Å². The molecule has 0 N–H and O–H groups in total. The highest BCUT2D eigenvalue weighted by atomic mass is 16.5. The van der Waals surface area contributed by atoms with Gasteiger partial charge in [-0.15, -0.1) is 0 Å². The van der Waals surface area contributed by atoms with E-state index in [9.17, 15) is 9.59 Å². The van der Waals surface area contributed by atoms with Gasteiger partial charge in [0.25, 0.3) is 0 Å². The van der Waals surface area contributed by atoms with Gasteiger partial charge >= 0.3 is 5.97 Å². The molecule has 1 atom stereocenters. The number of nitrogens with zero attached hydrogens (tertiary/aromatic N) is 1. The van der Waals surface area contributed by atoms with Gasteiger partial charge in [0.1, 0.15) is 11.5 Å². The van der Waals surface area contributed by atoms with Crippen LogP contribution in [0.3, 0.4) is 0 Å². The van der Waals surface area contributed by atoms with Crippen molar-refractivity contribution in [3.05, 3.63) is 53.6 Å². The van der Waals surface area contributed by atoms with Crippen LogP contribution in [0.5, 0.6) is 11.5 Å². The smallest absolute Gasteiger partial charge is 0.316 e. The SMILES string of the molecule is COc1cccc(N2C[C@H](C(=O)Oc3cccc(C)c3C)CC2=O)c1. The van der Waals surface area contributed by atoms with E-state index in [2.05, 4.69) is 0 Å². The maximum atomic E-state index is 12.5. The molecule has 0 saturated carbocycles. The van der Waals surface area contributed by atoms with E-state index < -0.39 is 5.92 Å². The van der Waals surface area contributed by atoms with Crippen LogP contribution in [0.25, 0.3) is 0 Å². The Labute approximate surface area is 147 Å². The van der Waals surface area contributed by atoms with Crippen LogP contribution in [0.15, 0.2) is 42.5 Å². The summed E-state index contributed by atoms with van der Waals surface area (Å²) in [5, 5.41) is 0. The summed E-state index contributed by atoms with van der Waals surface area (Å²) >= 11 is 0. The number of carbonyl (C=O) groups is 2. The van der Waals surface area contributed by atoms with E-state index in [4.69, 9.17) is 9.47 Å². The zero-order valence-corrected chi connectivity index (χ0v) is 14.6. The fourth-order valence-corrected chi connectivity index (χ4v) is 2.92. The average Bonchev–Trinajstić information content (AvgIpc) is 3.01. The molecule has 5 nitrogen and oxygen atoms in total. The fourth-order valence-electron chi connectivity index (χ4n) is 2.92. The lowest BCUT2D eigenvalue weighted by atomic mass is 10.1. The second-order valence-corrected chi connectivity index (χ2v) is 6.23. The van der Waals surface area contributed by atoms with Crippen molar-refractivity contribution in [2.75, 3.05) is 18.6 Å². The Hall–Kier alpha value is -2.82. The molecule has 1 saturated heterocycles. The van der Waals surface area contributed by atoms with Gasteiger partial charge in [0.15, 0.2) is 0 Å². The zero-order chi connectivity index (χ0) is 18.0. The van der Waals surface area contributed by atoms with Crippen LogP contribution in [-0.4, -0.2) is 25.5 Å². The minimum Gasteiger partial charge on any atom is -0.497 e. The monoisotopic (exact) mass is 339 g/mol. The minimum atomic E-state index is -0.474. The number of methoxy groups -OCH3 is 1. The molecule has 2 aromatic carbocycles. The lowest BCUT2D eigenvalue weighted by molar-refractivity contribution is -0.139. The molecule has 130 valence electrons. The largest absolute Gasteiger partial charge is 0.497 e. The highest BCUT2D eigenvalue weighted by Gasteiger charge is 2.36. The van der Waals surface area contributed by atoms with Crippen molar-refractivity contribution in [2.45, 2.75) is 20.3 Å². The Kier molecular flexibility index (Phi) is 4.74. The van der Waals surface area contributed by atoms with Gasteiger partial charge in [-0.2, -0.15) is 0 Å². The van der Waals surface area contributed by atoms with Gasteiger partial charge in [-0.25, -0.2) is 0 Å². The van der Waals surface area contributed by atoms with Gasteiger partial charge in [0, 0.05) is 24.7 Å². The third kappa shape index (κ3) is 3.50. The average molecular weight is 339 g/mol. The van der Waals surface area contributed by atoms with Crippen LogP contribution in [0.1, 0.15) is 17.5 Å². The van der Waals surface area contributed by atoms with Crippen molar-refractivity contribution in [3.63, 3.8) is 0 Å². The summed E-state index contributed by atoms with van der Waals surface area (Å²) in [5.74, 6) is 0.297. The lowest BCUT2D eigenvalue weighted by Crippen LogP contribution is -2.27. The highest BCUT2D eigenvalue weighted by Crippen LogP contribution is 2.29. The molecule has 1 aliphatic rings. The molecule has 1 amide bonds. The Balaban J connectivity index is 1.73. The predicted molar refractivity (Wildman–Crippen MR) is 95.0 cm³/mol. The number of anilines is 1.